The van der Waals surface area contributed by atoms with E-state index in [1.54, 1.807) is 86.2 Å². The van der Waals surface area contributed by atoms with Gasteiger partial charge in [0.1, 0.15) is 67.3 Å². The van der Waals surface area contributed by atoms with E-state index in [1.165, 1.54) is 81.5 Å². The van der Waals surface area contributed by atoms with Crippen LogP contribution in [0.25, 0.3) is 0 Å². The van der Waals surface area contributed by atoms with Crippen LogP contribution < -0.4 is 10.6 Å². The van der Waals surface area contributed by atoms with Gasteiger partial charge in [0.05, 0.1) is 12.2 Å². The van der Waals surface area contributed by atoms with Gasteiger partial charge in [-0.3, -0.25) is 37.9 Å². The van der Waals surface area contributed by atoms with Crippen LogP contribution in [0.4, 0.5) is 0 Å². The SMILES string of the molecule is C=C(C)C/C(C)=C\C(=O)N/C=C/C(C)=C/C(C)C1C/C(C)=C/C=C/CCC(OS(=O)(=O)O)/C=C/C(O)C(OC(C)=O)CCC/C=C/C(=O)O1.CC(=O)OC1CCC/C=C/C(=O)OC(C(C)/C=C(C)/C=C/NC(=O)C=C(C)C)C/C(C)=C/C=C/CCC(OS(=O)(=O)O)/C=C/C1O.CC(=O)OC1CCC/C=C/C=C(\C)CC(C(C)/C=C(\C)C=O)OC(=O)/C=C/CC/C=C/C(O)C1O. The van der Waals surface area contributed by atoms with E-state index in [-0.39, 0.29) is 55.3 Å². The minimum atomic E-state index is -4.77. The van der Waals surface area contributed by atoms with Gasteiger partial charge in [0, 0.05) is 101 Å². The molecule has 8 N–H and O–H groups in total. The molecule has 0 saturated heterocycles. The summed E-state index contributed by atoms with van der Waals surface area (Å²) in [6.45, 7) is 32.0. The quantitative estimate of drug-likeness (QED) is 0.00949. The zero-order chi connectivity index (χ0) is 97.9. The van der Waals surface area contributed by atoms with Crippen LogP contribution in [0, 0.1) is 17.8 Å². The fraction of sp³-hybridized carbons (Fsp3) is 0.505. The van der Waals surface area contributed by atoms with Crippen LogP contribution in [0.3, 0.4) is 0 Å². The van der Waals surface area contributed by atoms with Crippen molar-refractivity contribution in [2.75, 3.05) is 0 Å². The monoisotopic (exact) mass is 1850 g/mol. The van der Waals surface area contributed by atoms with Gasteiger partial charge in [-0.25, -0.2) is 22.7 Å². The van der Waals surface area contributed by atoms with Crippen LogP contribution >= 0.6 is 0 Å². The molecular weight excluding hydrogens is 1710 g/mol. The molecule has 15 atom stereocenters. The average Bonchev–Trinajstić information content (AvgIpc) is 0.904. The van der Waals surface area contributed by atoms with Crippen molar-refractivity contribution in [3.8, 4) is 0 Å². The van der Waals surface area contributed by atoms with Crippen LogP contribution in [0.1, 0.15) is 233 Å². The van der Waals surface area contributed by atoms with Crippen molar-refractivity contribution >= 4 is 74.7 Å². The van der Waals surface area contributed by atoms with E-state index in [2.05, 4.69) is 17.2 Å². The van der Waals surface area contributed by atoms with Crippen molar-refractivity contribution < 1.29 is 126 Å². The summed E-state index contributed by atoms with van der Waals surface area (Å²) in [4.78, 5) is 108. The molecule has 0 aliphatic carbocycles. The van der Waals surface area contributed by atoms with E-state index in [0.29, 0.717) is 102 Å². The Labute approximate surface area is 770 Å². The van der Waals surface area contributed by atoms with E-state index < -0.39 is 130 Å². The average molecular weight is 1860 g/mol. The maximum Gasteiger partial charge on any atom is 0.397 e. The third-order valence-electron chi connectivity index (χ3n) is 19.4. The molecule has 2 amide bonds. The third kappa shape index (κ3) is 61.4. The highest BCUT2D eigenvalue weighted by molar-refractivity contribution is 7.81. The van der Waals surface area contributed by atoms with Crippen LogP contribution in [-0.4, -0.2) is 174 Å². The molecule has 0 saturated carbocycles. The second-order valence-corrected chi connectivity index (χ2v) is 34.9. The fourth-order valence-corrected chi connectivity index (χ4v) is 14.0. The fourth-order valence-electron chi connectivity index (χ4n) is 13.1. The number of aldehydes is 1. The molecule has 0 fully saturated rings. The number of hydrogen-bond donors (Lipinski definition) is 8. The molecule has 0 spiro atoms. The largest absolute Gasteiger partial charge is 0.460 e. The zero-order valence-corrected chi connectivity index (χ0v) is 79.9. The number of aliphatic hydroxyl groups excluding tert-OH is 4. The molecule has 3 aliphatic rings. The van der Waals surface area contributed by atoms with E-state index in [4.69, 9.17) is 36.8 Å². The molecule has 29 nitrogen and oxygen atoms in total. The molecule has 3 heterocycles. The zero-order valence-electron chi connectivity index (χ0n) is 78.3. The van der Waals surface area contributed by atoms with Gasteiger partial charge in [-0.05, 0) is 190 Å². The van der Waals surface area contributed by atoms with Crippen molar-refractivity contribution in [1.29, 1.82) is 0 Å². The summed E-state index contributed by atoms with van der Waals surface area (Å²) in [5, 5.41) is 47.4. The summed E-state index contributed by atoms with van der Waals surface area (Å²) in [5.74, 6) is -4.16. The first kappa shape index (κ1) is 118. The van der Waals surface area contributed by atoms with Crippen molar-refractivity contribution in [3.05, 3.63) is 239 Å². The number of rotatable bonds is 22. The first-order chi connectivity index (χ1) is 61.1. The van der Waals surface area contributed by atoms with Crippen LogP contribution in [0.15, 0.2) is 239 Å². The lowest BCUT2D eigenvalue weighted by atomic mass is 9.95. The first-order valence-electron chi connectivity index (χ1n) is 43.7. The van der Waals surface area contributed by atoms with Gasteiger partial charge in [-0.15, -0.1) is 0 Å². The molecule has 31 heteroatoms. The number of amides is 2. The Morgan fingerprint density at radius 2 is 0.808 bits per heavy atom. The number of aliphatic hydroxyl groups is 4. The summed E-state index contributed by atoms with van der Waals surface area (Å²) in [6.07, 6.45) is 47.4. The number of cyclic esters (lactones) is 3. The number of ether oxygens (including phenoxy) is 6. The Bertz CT molecular complexity index is 4490. The highest BCUT2D eigenvalue weighted by Crippen LogP contribution is 2.27. The van der Waals surface area contributed by atoms with Gasteiger partial charge in [-0.2, -0.15) is 16.8 Å². The van der Waals surface area contributed by atoms with E-state index in [9.17, 15) is 89.5 Å². The van der Waals surface area contributed by atoms with Crippen molar-refractivity contribution in [2.45, 2.75) is 306 Å². The number of carbonyl (C=O) groups excluding carboxylic acids is 9. The van der Waals surface area contributed by atoms with Crippen LogP contribution in [0.2, 0.25) is 0 Å². The second-order valence-electron chi connectivity index (χ2n) is 32.8. The lowest BCUT2D eigenvalue weighted by Gasteiger charge is -2.25. The highest BCUT2D eigenvalue weighted by atomic mass is 32.3. The van der Waals surface area contributed by atoms with Gasteiger partial charge >= 0.3 is 56.6 Å². The van der Waals surface area contributed by atoms with Crippen molar-refractivity contribution in [1.82, 2.24) is 10.6 Å². The van der Waals surface area contributed by atoms with Gasteiger partial charge in [0.25, 0.3) is 0 Å². The molecule has 0 radical (unpaired) electrons. The number of esters is 6. The Kier molecular flexibility index (Phi) is 60.0. The van der Waals surface area contributed by atoms with Crippen LogP contribution in [-0.2, 0) is 101 Å². The summed E-state index contributed by atoms with van der Waals surface area (Å²) in [7, 11) is -9.53. The predicted molar refractivity (Wildman–Crippen MR) is 502 cm³/mol. The molecule has 0 aromatic carbocycles. The summed E-state index contributed by atoms with van der Waals surface area (Å²) < 4.78 is 107. The molecule has 0 aromatic heterocycles. The Balaban J connectivity index is 0.000000989. The summed E-state index contributed by atoms with van der Waals surface area (Å²) in [6, 6.07) is 0. The Morgan fingerprint density at radius 3 is 1.18 bits per heavy atom. The first-order valence-corrected chi connectivity index (χ1v) is 46.4. The standard InChI is InChI=1S/C37H53NO10S.C34H49NO10S.C28H40O7/c1-26(2)22-29(5)25-36(41)38-21-20-28(4)23-30(6)35-24-27(3)14-10-8-11-15-32(48-49(43,44)45)18-19-33(40)34(46-31(7)39)16-12-9-13-17-37(42)47-35;1-24(2)21-33(38)35-20-19-26(4)22-27(5)32-23-25(3)13-9-7-10-14-29(45-46(40,41)42)17-18-30(37)31(43-28(6)36)15-11-8-12-16-34(39)44-32;1-20-13-9-5-7-11-15-25(34-23(4)30)28(33)24(31)14-10-6-8-12-16-27(32)35-26(18-20)22(3)17-21(2)19-29/h8,10,13-14,17-21,23,25,30,32-35,40H,1,9,11-12,15-16,22,24H2,2-7H3,(H,38,41)(H,43,44,45);7,9,12-13,16-22,27,29-32,37H,8,10-11,14-15,23H2,1-6H3,(H,35,38)(H,40,41,42);5,9-10,12-14,16-17,19,22,24-26,28,31,33H,6-8,11,15,18H2,1-4H3/b10-8+,17-13+,19-18+,21-20+,27-14+,28-23+,29-25-;9-7+,16-12+,18-17+,20-19+,25-13+,26-22+;9-5+,14-10+,16-12+,20-13+,21-17+. The topological polar surface area (TPSA) is 441 Å². The van der Waals surface area contributed by atoms with Gasteiger partial charge in [0.15, 0.2) is 0 Å². The Hall–Kier alpha value is -10.2. The molecule has 130 heavy (non-hydrogen) atoms. The lowest BCUT2D eigenvalue weighted by Crippen LogP contribution is -2.39. The van der Waals surface area contributed by atoms with Crippen molar-refractivity contribution in [3.63, 3.8) is 0 Å². The predicted octanol–water partition coefficient (Wildman–Crippen LogP) is 16.3. The van der Waals surface area contributed by atoms with Gasteiger partial charge in [0.2, 0.25) is 11.8 Å². The molecule has 3 aliphatic heterocycles. The van der Waals surface area contributed by atoms with Crippen molar-refractivity contribution in [2.24, 2.45) is 17.8 Å². The highest BCUT2D eigenvalue weighted by Gasteiger charge is 2.30. The minimum absolute atomic E-state index is 0.142. The second kappa shape index (κ2) is 66.2. The normalized spacial score (nSPS) is 27.8. The van der Waals surface area contributed by atoms with E-state index in [1.807, 2.05) is 126 Å². The summed E-state index contributed by atoms with van der Waals surface area (Å²) >= 11 is 0. The maximum absolute atomic E-state index is 12.8. The molecule has 0 aromatic rings. The number of carbonyl (C=O) groups is 9. The number of hydrogen-bond acceptors (Lipinski definition) is 25. The third-order valence-corrected chi connectivity index (χ3v) is 20.3. The maximum atomic E-state index is 12.8. The van der Waals surface area contributed by atoms with E-state index in [0.717, 1.165) is 50.9 Å². The molecular formula is C99H142N2O27S2. The molecule has 3 rings (SSSR count). The molecule has 0 bridgehead atoms. The van der Waals surface area contributed by atoms with Crippen LogP contribution in [0.5, 0.6) is 0 Å². The van der Waals surface area contributed by atoms with Gasteiger partial charge < -0.3 is 59.5 Å². The number of nitrogens with one attached hydrogen (secondary N) is 2. The lowest BCUT2D eigenvalue weighted by molar-refractivity contribution is -0.156. The van der Waals surface area contributed by atoms with E-state index >= 15 is 0 Å². The molecule has 15 unspecified atom stereocenters. The minimum Gasteiger partial charge on any atom is -0.460 e. The Morgan fingerprint density at radius 1 is 0.462 bits per heavy atom. The van der Waals surface area contributed by atoms with Gasteiger partial charge in [-0.1, -0.05) is 200 Å². The number of allylic oxidation sites excluding steroid dienone is 21. The molecule has 722 valence electrons. The summed E-state index contributed by atoms with van der Waals surface area (Å²) in [5.41, 5.74) is 7.94. The smallest absolute Gasteiger partial charge is 0.397 e.